The van der Waals surface area contributed by atoms with Crippen molar-refractivity contribution in [3.8, 4) is 5.75 Å². The summed E-state index contributed by atoms with van der Waals surface area (Å²) in [6.45, 7) is 2.84. The number of aryl methyl sites for hydroxylation is 1. The fourth-order valence-electron chi connectivity index (χ4n) is 3.16. The van der Waals surface area contributed by atoms with Crippen LogP contribution >= 0.6 is 0 Å². The first-order valence-corrected chi connectivity index (χ1v) is 8.86. The van der Waals surface area contributed by atoms with Crippen LogP contribution in [0.5, 0.6) is 5.75 Å². The molecule has 0 aliphatic carbocycles. The van der Waals surface area contributed by atoms with Crippen molar-refractivity contribution in [3.05, 3.63) is 89.0 Å². The van der Waals surface area contributed by atoms with Crippen molar-refractivity contribution in [2.45, 2.75) is 20.0 Å². The predicted molar refractivity (Wildman–Crippen MR) is 102 cm³/mol. The molecule has 136 valence electrons. The third-order valence-electron chi connectivity index (χ3n) is 4.61. The Balaban J connectivity index is 1.50. The van der Waals surface area contributed by atoms with Gasteiger partial charge in [0.25, 0.3) is 5.91 Å². The molecule has 1 amide bonds. The van der Waals surface area contributed by atoms with Crippen molar-refractivity contribution in [3.63, 3.8) is 0 Å². The summed E-state index contributed by atoms with van der Waals surface area (Å²) in [5.41, 5.74) is 4.18. The average molecular weight is 362 g/mol. The van der Waals surface area contributed by atoms with Gasteiger partial charge in [-0.05, 0) is 43.3 Å². The first-order chi connectivity index (χ1) is 13.1. The highest BCUT2D eigenvalue weighted by Gasteiger charge is 2.26. The van der Waals surface area contributed by atoms with Gasteiger partial charge in [0.05, 0.1) is 17.0 Å². The molecule has 1 aliphatic heterocycles. The van der Waals surface area contributed by atoms with Gasteiger partial charge in [-0.25, -0.2) is 4.39 Å². The van der Waals surface area contributed by atoms with Crippen LogP contribution < -0.4 is 9.64 Å². The number of amides is 1. The summed E-state index contributed by atoms with van der Waals surface area (Å²) < 4.78 is 18.8. The first kappa shape index (κ1) is 17.2. The molecule has 0 atom stereocenters. The number of anilines is 1. The van der Waals surface area contributed by atoms with Crippen LogP contribution in [-0.4, -0.2) is 17.4 Å². The fraction of sp³-hybridized carbons (Fsp3) is 0.182. The van der Waals surface area contributed by atoms with Gasteiger partial charge >= 0.3 is 0 Å². The quantitative estimate of drug-likeness (QED) is 0.694. The predicted octanol–water partition coefficient (Wildman–Crippen LogP) is 4.31. The Labute approximate surface area is 157 Å². The molecular formula is C22H19FN2O2. The molecule has 2 heterocycles. The summed E-state index contributed by atoms with van der Waals surface area (Å²) in [6, 6.07) is 17.5. The maximum atomic E-state index is 13.2. The van der Waals surface area contributed by atoms with Crippen molar-refractivity contribution < 1.29 is 13.9 Å². The lowest BCUT2D eigenvalue weighted by Gasteiger charge is -2.28. The molecule has 1 aliphatic rings. The second-order valence-corrected chi connectivity index (χ2v) is 6.59. The molecule has 27 heavy (non-hydrogen) atoms. The molecular weight excluding hydrogens is 343 g/mol. The Kier molecular flexibility index (Phi) is 4.59. The molecule has 3 aromatic rings. The van der Waals surface area contributed by atoms with Gasteiger partial charge in [-0.15, -0.1) is 0 Å². The van der Waals surface area contributed by atoms with E-state index in [0.717, 1.165) is 22.6 Å². The van der Waals surface area contributed by atoms with Crippen LogP contribution in [0.2, 0.25) is 0 Å². The van der Waals surface area contributed by atoms with E-state index >= 15 is 0 Å². The lowest BCUT2D eigenvalue weighted by Crippen LogP contribution is -2.38. The number of aromatic nitrogens is 1. The summed E-state index contributed by atoms with van der Waals surface area (Å²) in [7, 11) is 0. The molecule has 0 unspecified atom stereocenters. The van der Waals surface area contributed by atoms with Crippen molar-refractivity contribution in [1.29, 1.82) is 0 Å². The topological polar surface area (TPSA) is 42.4 Å². The molecule has 4 nitrogen and oxygen atoms in total. The van der Waals surface area contributed by atoms with E-state index in [0.29, 0.717) is 24.3 Å². The van der Waals surface area contributed by atoms with E-state index < -0.39 is 0 Å². The van der Waals surface area contributed by atoms with E-state index in [1.165, 1.54) is 12.1 Å². The minimum atomic E-state index is -0.340. The molecule has 0 saturated heterocycles. The second kappa shape index (κ2) is 7.19. The van der Waals surface area contributed by atoms with Gasteiger partial charge in [-0.2, -0.15) is 0 Å². The maximum absolute atomic E-state index is 13.2. The van der Waals surface area contributed by atoms with Crippen molar-refractivity contribution in [1.82, 2.24) is 4.98 Å². The number of carbonyl (C=O) groups is 1. The van der Waals surface area contributed by atoms with Crippen LogP contribution in [0.15, 0.2) is 60.7 Å². The third-order valence-corrected chi connectivity index (χ3v) is 4.61. The van der Waals surface area contributed by atoms with Crippen LogP contribution in [0.4, 0.5) is 10.1 Å². The van der Waals surface area contributed by atoms with E-state index in [4.69, 9.17) is 4.74 Å². The van der Waals surface area contributed by atoms with Gasteiger partial charge in [0.2, 0.25) is 0 Å². The van der Waals surface area contributed by atoms with E-state index in [9.17, 15) is 9.18 Å². The monoisotopic (exact) mass is 362 g/mol. The van der Waals surface area contributed by atoms with Crippen LogP contribution in [0.25, 0.3) is 0 Å². The molecule has 0 radical (unpaired) electrons. The summed E-state index contributed by atoms with van der Waals surface area (Å²) in [5, 5.41) is 0. The number of halogens is 1. The summed E-state index contributed by atoms with van der Waals surface area (Å²) in [5.74, 6) is 0.0778. The molecule has 2 aromatic carbocycles. The van der Waals surface area contributed by atoms with Gasteiger partial charge in [0.1, 0.15) is 18.2 Å². The number of hydrogen-bond acceptors (Lipinski definition) is 3. The first-order valence-electron chi connectivity index (χ1n) is 8.86. The zero-order chi connectivity index (χ0) is 18.8. The molecule has 5 heteroatoms. The second-order valence-electron chi connectivity index (χ2n) is 6.59. The van der Waals surface area contributed by atoms with Gasteiger partial charge in [0.15, 0.2) is 0 Å². The smallest absolute Gasteiger partial charge is 0.260 e. The zero-order valence-corrected chi connectivity index (χ0v) is 15.0. The SMILES string of the molecule is Cc1ccc(N2CCc3nc(COc4cccc(F)c4)ccc3C2=O)cc1. The van der Waals surface area contributed by atoms with E-state index in [1.54, 1.807) is 29.2 Å². The summed E-state index contributed by atoms with van der Waals surface area (Å²) >= 11 is 0. The fourth-order valence-corrected chi connectivity index (χ4v) is 3.16. The molecule has 0 saturated carbocycles. The van der Waals surface area contributed by atoms with Crippen molar-refractivity contribution in [2.75, 3.05) is 11.4 Å². The van der Waals surface area contributed by atoms with Gasteiger partial charge in [-0.3, -0.25) is 9.78 Å². The molecule has 0 fully saturated rings. The highest BCUT2D eigenvalue weighted by atomic mass is 19.1. The highest BCUT2D eigenvalue weighted by molar-refractivity contribution is 6.07. The molecule has 0 bridgehead atoms. The summed E-state index contributed by atoms with van der Waals surface area (Å²) in [6.07, 6.45) is 0.683. The lowest BCUT2D eigenvalue weighted by atomic mass is 10.0. The minimum Gasteiger partial charge on any atom is -0.487 e. The normalized spacial score (nSPS) is 13.4. The zero-order valence-electron chi connectivity index (χ0n) is 15.0. The number of ether oxygens (including phenoxy) is 1. The van der Waals surface area contributed by atoms with Crippen LogP contribution in [0.1, 0.15) is 27.3 Å². The summed E-state index contributed by atoms with van der Waals surface area (Å²) in [4.78, 5) is 19.2. The number of benzene rings is 2. The van der Waals surface area contributed by atoms with E-state index in [2.05, 4.69) is 4.98 Å². The Morgan fingerprint density at radius 3 is 2.70 bits per heavy atom. The highest BCUT2D eigenvalue weighted by Crippen LogP contribution is 2.24. The third kappa shape index (κ3) is 3.67. The average Bonchev–Trinajstić information content (AvgIpc) is 2.68. The lowest BCUT2D eigenvalue weighted by molar-refractivity contribution is 0.0979. The standard InChI is InChI=1S/C22H19FN2O2/c1-15-5-8-18(9-6-15)25-12-11-21-20(22(25)26)10-7-17(24-21)14-27-19-4-2-3-16(23)13-19/h2-10,13H,11-12,14H2,1H3. The minimum absolute atomic E-state index is 0.0369. The molecule has 1 aromatic heterocycles. The number of nitrogens with zero attached hydrogens (tertiary/aromatic N) is 2. The van der Waals surface area contributed by atoms with Gasteiger partial charge in [-0.1, -0.05) is 23.8 Å². The van der Waals surface area contributed by atoms with Crippen LogP contribution in [0, 0.1) is 12.7 Å². The Morgan fingerprint density at radius 1 is 1.11 bits per heavy atom. The maximum Gasteiger partial charge on any atom is 0.260 e. The number of rotatable bonds is 4. The Morgan fingerprint density at radius 2 is 1.93 bits per heavy atom. The number of pyridine rings is 1. The number of hydrogen-bond donors (Lipinski definition) is 0. The Bertz CT molecular complexity index is 986. The van der Waals surface area contributed by atoms with Crippen LogP contribution in [-0.2, 0) is 13.0 Å². The van der Waals surface area contributed by atoms with E-state index in [-0.39, 0.29) is 18.3 Å². The van der Waals surface area contributed by atoms with Gasteiger partial charge < -0.3 is 9.64 Å². The Hall–Kier alpha value is -3.21. The van der Waals surface area contributed by atoms with Crippen molar-refractivity contribution in [2.24, 2.45) is 0 Å². The van der Waals surface area contributed by atoms with Crippen molar-refractivity contribution >= 4 is 11.6 Å². The largest absolute Gasteiger partial charge is 0.487 e. The van der Waals surface area contributed by atoms with Gasteiger partial charge in [0, 0.05) is 24.7 Å². The number of carbonyl (C=O) groups excluding carboxylic acids is 1. The molecule has 0 spiro atoms. The van der Waals surface area contributed by atoms with Crippen LogP contribution in [0.3, 0.4) is 0 Å². The number of fused-ring (bicyclic) bond motifs is 1. The molecule has 0 N–H and O–H groups in total. The molecule has 4 rings (SSSR count). The van der Waals surface area contributed by atoms with E-state index in [1.807, 2.05) is 31.2 Å².